The van der Waals surface area contributed by atoms with E-state index >= 15 is 0 Å². The van der Waals surface area contributed by atoms with Gasteiger partial charge in [-0.05, 0) is 17.7 Å². The Morgan fingerprint density at radius 3 is 2.62 bits per heavy atom. The second-order valence-corrected chi connectivity index (χ2v) is 3.36. The van der Waals surface area contributed by atoms with E-state index in [2.05, 4.69) is 0 Å². The van der Waals surface area contributed by atoms with Gasteiger partial charge in [0.15, 0.2) is 0 Å². The van der Waals surface area contributed by atoms with Crippen molar-refractivity contribution in [2.75, 3.05) is 7.11 Å². The van der Waals surface area contributed by atoms with Crippen LogP contribution in [-0.2, 0) is 11.2 Å². The van der Waals surface area contributed by atoms with Crippen molar-refractivity contribution < 1.29 is 22.7 Å². The molecule has 16 heavy (non-hydrogen) atoms. The molecule has 1 aromatic rings. The third-order valence-corrected chi connectivity index (χ3v) is 1.93. The summed E-state index contributed by atoms with van der Waals surface area (Å²) in [5, 5.41) is 0. The van der Waals surface area contributed by atoms with Gasteiger partial charge in [-0.15, -0.1) is 0 Å². The molecule has 0 saturated heterocycles. The second kappa shape index (κ2) is 5.01. The van der Waals surface area contributed by atoms with Crippen LogP contribution in [0.25, 0.3) is 0 Å². The van der Waals surface area contributed by atoms with Gasteiger partial charge >= 0.3 is 6.18 Å². The van der Waals surface area contributed by atoms with E-state index in [1.165, 1.54) is 7.11 Å². The Morgan fingerprint density at radius 1 is 1.38 bits per heavy atom. The summed E-state index contributed by atoms with van der Waals surface area (Å²) in [5.74, 6) is -0.321. The monoisotopic (exact) mass is 232 g/mol. The molecule has 0 saturated carbocycles. The number of ether oxygens (including phenoxy) is 1. The minimum Gasteiger partial charge on any atom is -0.497 e. The lowest BCUT2D eigenvalue weighted by Crippen LogP contribution is -2.16. The highest BCUT2D eigenvalue weighted by molar-refractivity contribution is 5.81. The molecule has 0 heterocycles. The summed E-state index contributed by atoms with van der Waals surface area (Å²) in [6.07, 6.45) is -6.04. The van der Waals surface area contributed by atoms with Crippen LogP contribution in [0, 0.1) is 0 Å². The van der Waals surface area contributed by atoms with Crippen LogP contribution < -0.4 is 4.74 Å². The molecule has 0 spiro atoms. The summed E-state index contributed by atoms with van der Waals surface area (Å²) in [5.41, 5.74) is 0.522. The highest BCUT2D eigenvalue weighted by atomic mass is 19.4. The molecule has 0 N–H and O–H groups in total. The molecule has 0 aromatic heterocycles. The van der Waals surface area contributed by atoms with Crippen LogP contribution in [0.1, 0.15) is 12.0 Å². The Balaban J connectivity index is 2.62. The van der Waals surface area contributed by atoms with Crippen LogP contribution in [0.2, 0.25) is 0 Å². The molecule has 5 heteroatoms. The van der Waals surface area contributed by atoms with Crippen molar-refractivity contribution in [3.05, 3.63) is 29.8 Å². The van der Waals surface area contributed by atoms with Crippen LogP contribution in [0.4, 0.5) is 13.2 Å². The molecule has 0 bridgehead atoms. The lowest BCUT2D eigenvalue weighted by atomic mass is 10.1. The number of alkyl halides is 3. The number of Topliss-reactive ketones (excluding diaryl/α,β-unsaturated/α-hetero) is 1. The van der Waals surface area contributed by atoms with Gasteiger partial charge in [0.2, 0.25) is 0 Å². The zero-order valence-corrected chi connectivity index (χ0v) is 8.67. The first-order valence-corrected chi connectivity index (χ1v) is 4.62. The maximum Gasteiger partial charge on any atom is 0.395 e. The highest BCUT2D eigenvalue weighted by Gasteiger charge is 2.30. The first-order valence-electron chi connectivity index (χ1n) is 4.62. The Kier molecular flexibility index (Phi) is 3.93. The van der Waals surface area contributed by atoms with Gasteiger partial charge in [0, 0.05) is 6.42 Å². The van der Waals surface area contributed by atoms with Crippen molar-refractivity contribution >= 4 is 5.78 Å². The van der Waals surface area contributed by atoms with Gasteiger partial charge in [-0.25, -0.2) is 0 Å². The van der Waals surface area contributed by atoms with Crippen LogP contribution in [0.15, 0.2) is 24.3 Å². The minimum absolute atomic E-state index is 0.225. The predicted molar refractivity (Wildman–Crippen MR) is 52.4 cm³/mol. The van der Waals surface area contributed by atoms with Gasteiger partial charge in [0.05, 0.1) is 7.11 Å². The number of benzene rings is 1. The molecule has 0 unspecified atom stereocenters. The quantitative estimate of drug-likeness (QED) is 0.797. The number of rotatable bonds is 4. The van der Waals surface area contributed by atoms with Gasteiger partial charge in [0.25, 0.3) is 0 Å². The average molecular weight is 232 g/mol. The van der Waals surface area contributed by atoms with Crippen LogP contribution in [0.3, 0.4) is 0 Å². The largest absolute Gasteiger partial charge is 0.497 e. The summed E-state index contributed by atoms with van der Waals surface area (Å²) in [6, 6.07) is 6.44. The summed E-state index contributed by atoms with van der Waals surface area (Å²) in [4.78, 5) is 11.1. The molecule has 1 aromatic carbocycles. The Hall–Kier alpha value is -1.52. The molecule has 0 aliphatic heterocycles. The Labute approximate surface area is 91.0 Å². The van der Waals surface area contributed by atoms with Gasteiger partial charge in [-0.2, -0.15) is 13.2 Å². The number of hydrogen-bond donors (Lipinski definition) is 0. The van der Waals surface area contributed by atoms with Crippen LogP contribution in [0.5, 0.6) is 5.75 Å². The molecule has 2 nitrogen and oxygen atoms in total. The average Bonchev–Trinajstić information content (AvgIpc) is 2.15. The molecular formula is C11H11F3O2. The lowest BCUT2D eigenvalue weighted by molar-refractivity contribution is -0.151. The van der Waals surface area contributed by atoms with Crippen molar-refractivity contribution in [1.29, 1.82) is 0 Å². The number of carbonyl (C=O) groups is 1. The number of hydrogen-bond acceptors (Lipinski definition) is 2. The lowest BCUT2D eigenvalue weighted by Gasteiger charge is -2.06. The molecule has 0 fully saturated rings. The molecule has 88 valence electrons. The van der Waals surface area contributed by atoms with E-state index in [9.17, 15) is 18.0 Å². The zero-order chi connectivity index (χ0) is 12.2. The number of methoxy groups -OCH3 is 1. The van der Waals surface area contributed by atoms with Gasteiger partial charge < -0.3 is 4.74 Å². The topological polar surface area (TPSA) is 26.3 Å². The van der Waals surface area contributed by atoms with Crippen molar-refractivity contribution in [1.82, 2.24) is 0 Å². The van der Waals surface area contributed by atoms with Gasteiger partial charge in [0.1, 0.15) is 18.0 Å². The number of halogens is 3. The van der Waals surface area contributed by atoms with Crippen molar-refractivity contribution in [3.63, 3.8) is 0 Å². The summed E-state index contributed by atoms with van der Waals surface area (Å²) in [6.45, 7) is 0. The second-order valence-electron chi connectivity index (χ2n) is 3.36. The van der Waals surface area contributed by atoms with E-state index in [4.69, 9.17) is 4.74 Å². The fourth-order valence-electron chi connectivity index (χ4n) is 1.30. The van der Waals surface area contributed by atoms with Crippen molar-refractivity contribution in [2.24, 2.45) is 0 Å². The van der Waals surface area contributed by atoms with E-state index in [1.54, 1.807) is 24.3 Å². The van der Waals surface area contributed by atoms with E-state index in [-0.39, 0.29) is 6.42 Å². The smallest absolute Gasteiger partial charge is 0.395 e. The van der Waals surface area contributed by atoms with Gasteiger partial charge in [-0.1, -0.05) is 12.1 Å². The molecule has 1 rings (SSSR count). The summed E-state index contributed by atoms with van der Waals surface area (Å²) < 4.78 is 40.6. The fourth-order valence-corrected chi connectivity index (χ4v) is 1.30. The van der Waals surface area contributed by atoms with Gasteiger partial charge in [-0.3, -0.25) is 4.79 Å². The molecule has 0 amide bonds. The van der Waals surface area contributed by atoms with Crippen molar-refractivity contribution in [2.45, 2.75) is 19.0 Å². The third kappa shape index (κ3) is 4.33. The summed E-state index contributed by atoms with van der Waals surface area (Å²) in [7, 11) is 1.46. The predicted octanol–water partition coefficient (Wildman–Crippen LogP) is 2.76. The zero-order valence-electron chi connectivity index (χ0n) is 8.67. The Bertz CT molecular complexity index is 372. The molecule has 0 radical (unpaired) electrons. The molecule has 0 aliphatic carbocycles. The van der Waals surface area contributed by atoms with E-state index in [0.29, 0.717) is 11.3 Å². The fraction of sp³-hybridized carbons (Fsp3) is 0.364. The van der Waals surface area contributed by atoms with Crippen molar-refractivity contribution in [3.8, 4) is 5.75 Å². The molecular weight excluding hydrogens is 221 g/mol. The van der Waals surface area contributed by atoms with E-state index < -0.39 is 18.4 Å². The van der Waals surface area contributed by atoms with Crippen LogP contribution >= 0.6 is 0 Å². The molecule has 0 atom stereocenters. The SMILES string of the molecule is COc1cccc(CC(=O)CC(F)(F)F)c1. The molecule has 0 aliphatic rings. The van der Waals surface area contributed by atoms with E-state index in [1.807, 2.05) is 0 Å². The number of carbonyl (C=O) groups excluding carboxylic acids is 1. The normalized spacial score (nSPS) is 11.2. The third-order valence-electron chi connectivity index (χ3n) is 1.93. The maximum atomic E-state index is 11.9. The highest BCUT2D eigenvalue weighted by Crippen LogP contribution is 2.21. The first kappa shape index (κ1) is 12.5. The standard InChI is InChI=1S/C11H11F3O2/c1-16-10-4-2-3-8(6-10)5-9(15)7-11(12,13)14/h2-4,6H,5,7H2,1H3. The summed E-state index contributed by atoms with van der Waals surface area (Å²) >= 11 is 0. The van der Waals surface area contributed by atoms with Crippen LogP contribution in [-0.4, -0.2) is 19.1 Å². The number of ketones is 1. The first-order chi connectivity index (χ1) is 7.40. The maximum absolute atomic E-state index is 11.9. The minimum atomic E-state index is -4.43. The Morgan fingerprint density at radius 2 is 2.06 bits per heavy atom. The van der Waals surface area contributed by atoms with E-state index in [0.717, 1.165) is 0 Å².